The SMILES string of the molecule is C=CCC(C)C=C1C(=O)CCCC1C=C(C)CC(C)(C=C(C)C(=O)CC)CC. The van der Waals surface area contributed by atoms with Crippen LogP contribution < -0.4 is 0 Å². The molecule has 0 spiro atoms. The van der Waals surface area contributed by atoms with Crippen molar-refractivity contribution in [2.45, 2.75) is 86.5 Å². The van der Waals surface area contributed by atoms with Crippen LogP contribution >= 0.6 is 0 Å². The molecule has 3 atom stereocenters. The third kappa shape index (κ3) is 7.37. The van der Waals surface area contributed by atoms with E-state index in [-0.39, 0.29) is 17.1 Å². The second kappa shape index (κ2) is 11.3. The van der Waals surface area contributed by atoms with Gasteiger partial charge < -0.3 is 0 Å². The third-order valence-corrected chi connectivity index (χ3v) is 5.94. The lowest BCUT2D eigenvalue weighted by Crippen LogP contribution is -2.20. The summed E-state index contributed by atoms with van der Waals surface area (Å²) in [6.07, 6.45) is 14.6. The summed E-state index contributed by atoms with van der Waals surface area (Å²) in [5.41, 5.74) is 3.13. The first kappa shape index (κ1) is 24.3. The monoisotopic (exact) mass is 384 g/mol. The molecular weight excluding hydrogens is 344 g/mol. The molecule has 1 fully saturated rings. The van der Waals surface area contributed by atoms with Crippen molar-refractivity contribution in [3.8, 4) is 0 Å². The first-order valence-electron chi connectivity index (χ1n) is 10.9. The zero-order valence-electron chi connectivity index (χ0n) is 18.9. The lowest BCUT2D eigenvalue weighted by molar-refractivity contribution is -0.117. The Balaban J connectivity index is 3.06. The van der Waals surface area contributed by atoms with Gasteiger partial charge in [-0.1, -0.05) is 57.6 Å². The van der Waals surface area contributed by atoms with Crippen molar-refractivity contribution in [3.63, 3.8) is 0 Å². The highest BCUT2D eigenvalue weighted by atomic mass is 16.1. The molecule has 0 heterocycles. The molecule has 0 radical (unpaired) electrons. The van der Waals surface area contributed by atoms with Crippen LogP contribution in [-0.2, 0) is 9.59 Å². The summed E-state index contributed by atoms with van der Waals surface area (Å²) < 4.78 is 0. The molecule has 0 amide bonds. The van der Waals surface area contributed by atoms with E-state index >= 15 is 0 Å². The summed E-state index contributed by atoms with van der Waals surface area (Å²) in [5.74, 6) is 1.09. The van der Waals surface area contributed by atoms with Gasteiger partial charge in [0.1, 0.15) is 0 Å². The normalized spacial score (nSPS) is 23.4. The van der Waals surface area contributed by atoms with Crippen molar-refractivity contribution < 1.29 is 9.59 Å². The van der Waals surface area contributed by atoms with Crippen LogP contribution in [0.5, 0.6) is 0 Å². The smallest absolute Gasteiger partial charge is 0.159 e. The fraction of sp³-hybridized carbons (Fsp3) is 0.615. The van der Waals surface area contributed by atoms with Crippen LogP contribution in [-0.4, -0.2) is 11.6 Å². The zero-order chi connectivity index (χ0) is 21.3. The summed E-state index contributed by atoms with van der Waals surface area (Å²) in [7, 11) is 0. The van der Waals surface area contributed by atoms with E-state index in [0.717, 1.165) is 43.3 Å². The molecule has 0 saturated heterocycles. The Morgan fingerprint density at radius 2 is 2.00 bits per heavy atom. The van der Waals surface area contributed by atoms with Crippen LogP contribution in [0.15, 0.2) is 47.6 Å². The van der Waals surface area contributed by atoms with Crippen LogP contribution in [0, 0.1) is 17.3 Å². The number of hydrogen-bond donors (Lipinski definition) is 0. The average molecular weight is 385 g/mol. The van der Waals surface area contributed by atoms with Gasteiger partial charge in [-0.25, -0.2) is 0 Å². The molecule has 0 bridgehead atoms. The van der Waals surface area contributed by atoms with Crippen LogP contribution in [0.4, 0.5) is 0 Å². The zero-order valence-corrected chi connectivity index (χ0v) is 18.9. The Labute approximate surface area is 172 Å². The third-order valence-electron chi connectivity index (χ3n) is 5.94. The van der Waals surface area contributed by atoms with Gasteiger partial charge in [0.05, 0.1) is 0 Å². The topological polar surface area (TPSA) is 34.1 Å². The van der Waals surface area contributed by atoms with Gasteiger partial charge in [0, 0.05) is 18.8 Å². The molecule has 2 nitrogen and oxygen atoms in total. The largest absolute Gasteiger partial charge is 0.295 e. The Bertz CT molecular complexity index is 662. The first-order valence-corrected chi connectivity index (χ1v) is 10.9. The van der Waals surface area contributed by atoms with E-state index in [4.69, 9.17) is 0 Å². The Morgan fingerprint density at radius 1 is 1.32 bits per heavy atom. The van der Waals surface area contributed by atoms with Gasteiger partial charge in [-0.2, -0.15) is 0 Å². The fourth-order valence-corrected chi connectivity index (χ4v) is 4.22. The number of allylic oxidation sites excluding steroid dienone is 7. The van der Waals surface area contributed by atoms with Gasteiger partial charge in [-0.3, -0.25) is 9.59 Å². The van der Waals surface area contributed by atoms with Gasteiger partial charge in [-0.15, -0.1) is 6.58 Å². The second-order valence-corrected chi connectivity index (χ2v) is 8.85. The van der Waals surface area contributed by atoms with E-state index in [1.807, 2.05) is 19.9 Å². The number of carbonyl (C=O) groups is 2. The van der Waals surface area contributed by atoms with Crippen molar-refractivity contribution >= 4 is 11.6 Å². The van der Waals surface area contributed by atoms with Crippen molar-refractivity contribution in [3.05, 3.63) is 47.6 Å². The van der Waals surface area contributed by atoms with Gasteiger partial charge in [0.25, 0.3) is 0 Å². The number of ketones is 2. The van der Waals surface area contributed by atoms with E-state index in [0.29, 0.717) is 24.5 Å². The van der Waals surface area contributed by atoms with Crippen LogP contribution in [0.2, 0.25) is 0 Å². The number of rotatable bonds is 10. The van der Waals surface area contributed by atoms with Crippen LogP contribution in [0.3, 0.4) is 0 Å². The molecule has 1 saturated carbocycles. The van der Waals surface area contributed by atoms with Gasteiger partial charge >= 0.3 is 0 Å². The highest BCUT2D eigenvalue weighted by molar-refractivity contribution is 5.97. The standard InChI is InChI=1S/C26H40O2/c1-8-12-19(4)16-23-22(13-11-14-25(23)28)15-20(5)17-26(7,10-3)18-21(6)24(27)9-2/h8,15-16,18-19,22H,1,9-14,17H2,2-7H3. The molecular formula is C26H40O2. The van der Waals surface area contributed by atoms with Crippen molar-refractivity contribution in [2.24, 2.45) is 17.3 Å². The lowest BCUT2D eigenvalue weighted by Gasteiger charge is -2.28. The minimum Gasteiger partial charge on any atom is -0.295 e. The van der Waals surface area contributed by atoms with Crippen LogP contribution in [0.1, 0.15) is 86.5 Å². The second-order valence-electron chi connectivity index (χ2n) is 8.85. The molecule has 0 aromatic carbocycles. The maximum Gasteiger partial charge on any atom is 0.159 e. The first-order chi connectivity index (χ1) is 13.2. The van der Waals surface area contributed by atoms with Crippen molar-refractivity contribution in [1.82, 2.24) is 0 Å². The number of hydrogen-bond acceptors (Lipinski definition) is 2. The van der Waals surface area contributed by atoms with Gasteiger partial charge in [0.2, 0.25) is 0 Å². The molecule has 28 heavy (non-hydrogen) atoms. The summed E-state index contributed by atoms with van der Waals surface area (Å²) in [6.45, 7) is 16.4. The summed E-state index contributed by atoms with van der Waals surface area (Å²) in [4.78, 5) is 24.6. The summed E-state index contributed by atoms with van der Waals surface area (Å²) in [5, 5.41) is 0. The van der Waals surface area contributed by atoms with E-state index in [9.17, 15) is 9.59 Å². The predicted molar refractivity (Wildman–Crippen MR) is 120 cm³/mol. The minimum atomic E-state index is -0.0335. The Hall–Kier alpha value is -1.70. The molecule has 0 N–H and O–H groups in total. The van der Waals surface area contributed by atoms with Crippen LogP contribution in [0.25, 0.3) is 0 Å². The summed E-state index contributed by atoms with van der Waals surface area (Å²) in [6, 6.07) is 0. The van der Waals surface area contributed by atoms with E-state index in [2.05, 4.69) is 52.5 Å². The minimum absolute atomic E-state index is 0.0335. The fourth-order valence-electron chi connectivity index (χ4n) is 4.22. The van der Waals surface area contributed by atoms with E-state index in [1.54, 1.807) is 0 Å². The molecule has 156 valence electrons. The Kier molecular flexibility index (Phi) is 9.85. The maximum atomic E-state index is 12.6. The quantitative estimate of drug-likeness (QED) is 0.295. The molecule has 1 aliphatic carbocycles. The van der Waals surface area contributed by atoms with Gasteiger partial charge in [-0.05, 0) is 68.4 Å². The average Bonchev–Trinajstić information content (AvgIpc) is 2.63. The molecule has 3 unspecified atom stereocenters. The number of Topliss-reactive ketones (excluding diaryl/α,β-unsaturated/α-hetero) is 2. The van der Waals surface area contributed by atoms with E-state index in [1.165, 1.54) is 5.57 Å². The molecule has 1 aliphatic rings. The highest BCUT2D eigenvalue weighted by Gasteiger charge is 2.26. The summed E-state index contributed by atoms with van der Waals surface area (Å²) >= 11 is 0. The highest BCUT2D eigenvalue weighted by Crippen LogP contribution is 2.36. The van der Waals surface area contributed by atoms with Crippen molar-refractivity contribution in [1.29, 1.82) is 0 Å². The molecule has 2 heteroatoms. The molecule has 0 aromatic rings. The molecule has 0 aromatic heterocycles. The molecule has 1 rings (SSSR count). The predicted octanol–water partition coefficient (Wildman–Crippen LogP) is 7.17. The van der Waals surface area contributed by atoms with Crippen molar-refractivity contribution in [2.75, 3.05) is 0 Å². The van der Waals surface area contributed by atoms with E-state index < -0.39 is 0 Å². The lowest BCUT2D eigenvalue weighted by atomic mass is 9.76. The maximum absolute atomic E-state index is 12.6. The molecule has 0 aliphatic heterocycles. The van der Waals surface area contributed by atoms with Gasteiger partial charge in [0.15, 0.2) is 11.6 Å². The number of carbonyl (C=O) groups excluding carboxylic acids is 2. The Morgan fingerprint density at radius 3 is 2.57 bits per heavy atom.